The Morgan fingerprint density at radius 3 is 2.56 bits per heavy atom. The Balaban J connectivity index is 2.11. The summed E-state index contributed by atoms with van der Waals surface area (Å²) < 4.78 is 1.30. The largest absolute Gasteiger partial charge is 0.375 e. The Hall–Kier alpha value is -1.33. The van der Waals surface area contributed by atoms with Crippen LogP contribution in [0.2, 0.25) is 0 Å². The van der Waals surface area contributed by atoms with Crippen molar-refractivity contribution in [1.29, 1.82) is 0 Å². The van der Waals surface area contributed by atoms with Gasteiger partial charge in [-0.1, -0.05) is 12.5 Å². The summed E-state index contributed by atoms with van der Waals surface area (Å²) in [5, 5.41) is 0. The Kier molecular flexibility index (Phi) is 4.38. The van der Waals surface area contributed by atoms with E-state index >= 15 is 0 Å². The van der Waals surface area contributed by atoms with E-state index in [4.69, 9.17) is 4.84 Å². The van der Waals surface area contributed by atoms with E-state index in [0.717, 1.165) is 13.1 Å². The molecule has 5 heteroatoms. The van der Waals surface area contributed by atoms with Crippen LogP contribution in [-0.2, 0) is 0 Å². The van der Waals surface area contributed by atoms with Gasteiger partial charge in [0.2, 0.25) is 6.35 Å². The zero-order valence-electron chi connectivity index (χ0n) is 11.1. The molecule has 1 fully saturated rings. The molecule has 5 nitrogen and oxygen atoms in total. The topological polar surface area (TPSA) is 37.7 Å². The first-order valence-corrected chi connectivity index (χ1v) is 6.44. The first-order valence-electron chi connectivity index (χ1n) is 6.44. The Morgan fingerprint density at radius 2 is 1.94 bits per heavy atom. The molecule has 2 heterocycles. The van der Waals surface area contributed by atoms with Gasteiger partial charge in [-0.2, -0.15) is 0 Å². The monoisotopic (exact) mass is 251 g/mol. The van der Waals surface area contributed by atoms with Crippen LogP contribution in [-0.4, -0.2) is 48.1 Å². The lowest BCUT2D eigenvalue weighted by atomic mass is 10.1. The number of likely N-dealkylation sites (tertiary alicyclic amines) is 1. The zero-order chi connectivity index (χ0) is 13.0. The molecule has 0 amide bonds. The van der Waals surface area contributed by atoms with Gasteiger partial charge in [0.25, 0.3) is 5.56 Å². The van der Waals surface area contributed by atoms with Gasteiger partial charge in [0.15, 0.2) is 0 Å². The van der Waals surface area contributed by atoms with E-state index in [-0.39, 0.29) is 11.9 Å². The van der Waals surface area contributed by atoms with Crippen LogP contribution in [0.1, 0.15) is 19.3 Å². The molecule has 18 heavy (non-hydrogen) atoms. The van der Waals surface area contributed by atoms with E-state index in [1.165, 1.54) is 30.1 Å². The second-order valence-corrected chi connectivity index (χ2v) is 4.86. The number of piperidine rings is 1. The highest BCUT2D eigenvalue weighted by Gasteiger charge is 2.24. The molecule has 1 aromatic heterocycles. The Morgan fingerprint density at radius 1 is 1.22 bits per heavy atom. The Labute approximate surface area is 108 Å². The van der Waals surface area contributed by atoms with Gasteiger partial charge in [-0.3, -0.25) is 14.6 Å². The van der Waals surface area contributed by atoms with Crippen LogP contribution in [0.4, 0.5) is 0 Å². The summed E-state index contributed by atoms with van der Waals surface area (Å²) in [4.78, 5) is 21.7. The molecular weight excluding hydrogens is 230 g/mol. The Bertz CT molecular complexity index is 424. The summed E-state index contributed by atoms with van der Waals surface area (Å²) in [6.07, 6.45) is 5.13. The van der Waals surface area contributed by atoms with E-state index in [2.05, 4.69) is 4.90 Å². The molecule has 0 spiro atoms. The third-order valence-corrected chi connectivity index (χ3v) is 3.14. The van der Waals surface area contributed by atoms with Crippen LogP contribution in [0, 0.1) is 0 Å². The predicted octanol–water partition coefficient (Wildman–Crippen LogP) is 0.608. The van der Waals surface area contributed by atoms with E-state index < -0.39 is 0 Å². The number of aromatic nitrogens is 1. The second-order valence-electron chi connectivity index (χ2n) is 4.86. The highest BCUT2D eigenvalue weighted by molar-refractivity contribution is 4.91. The third-order valence-electron chi connectivity index (χ3n) is 3.14. The summed E-state index contributed by atoms with van der Waals surface area (Å²) in [5.41, 5.74) is -0.138. The number of pyridine rings is 1. The van der Waals surface area contributed by atoms with Gasteiger partial charge >= 0.3 is 0 Å². The van der Waals surface area contributed by atoms with Crippen molar-refractivity contribution in [3.8, 4) is 0 Å². The van der Waals surface area contributed by atoms with Gasteiger partial charge in [0.05, 0.1) is 0 Å². The highest BCUT2D eigenvalue weighted by atomic mass is 16.7. The smallest absolute Gasteiger partial charge is 0.283 e. The quantitative estimate of drug-likeness (QED) is 0.735. The van der Waals surface area contributed by atoms with Crippen molar-refractivity contribution < 1.29 is 4.84 Å². The average molecular weight is 251 g/mol. The summed E-state index contributed by atoms with van der Waals surface area (Å²) in [6.45, 7) is 2.04. The van der Waals surface area contributed by atoms with Crippen molar-refractivity contribution in [2.24, 2.45) is 0 Å². The van der Waals surface area contributed by atoms with Crippen LogP contribution < -0.4 is 10.4 Å². The molecule has 0 aliphatic carbocycles. The number of nitrogens with zero attached hydrogens (tertiary/aromatic N) is 3. The van der Waals surface area contributed by atoms with Gasteiger partial charge in [-0.05, 0) is 33.0 Å². The van der Waals surface area contributed by atoms with E-state index in [0.29, 0.717) is 0 Å². The van der Waals surface area contributed by atoms with Crippen molar-refractivity contribution in [2.75, 3.05) is 27.2 Å². The lowest BCUT2D eigenvalue weighted by Gasteiger charge is -2.37. The summed E-state index contributed by atoms with van der Waals surface area (Å²) >= 11 is 0. The molecule has 2 rings (SSSR count). The fraction of sp³-hybridized carbons (Fsp3) is 0.615. The zero-order valence-corrected chi connectivity index (χ0v) is 11.1. The number of hydrogen-bond donors (Lipinski definition) is 0. The molecule has 0 radical (unpaired) electrons. The molecular formula is C13H21N3O2. The number of rotatable bonds is 4. The molecule has 1 unspecified atom stereocenters. The van der Waals surface area contributed by atoms with Gasteiger partial charge in [-0.25, -0.2) is 0 Å². The molecule has 1 aromatic rings. The van der Waals surface area contributed by atoms with E-state index in [1.807, 2.05) is 19.0 Å². The van der Waals surface area contributed by atoms with Gasteiger partial charge in [0, 0.05) is 25.4 Å². The average Bonchev–Trinajstić information content (AvgIpc) is 2.38. The molecule has 1 aliphatic heterocycles. The van der Waals surface area contributed by atoms with E-state index in [9.17, 15) is 4.79 Å². The standard InChI is InChI=1S/C13H21N3O2/c1-14(2)13(15-9-5-3-6-10-15)18-16-11-7-4-8-12(16)17/h4,7-8,11,13H,3,5-6,9-10H2,1-2H3. The predicted molar refractivity (Wildman–Crippen MR) is 70.2 cm³/mol. The van der Waals surface area contributed by atoms with Crippen LogP contribution in [0.25, 0.3) is 0 Å². The van der Waals surface area contributed by atoms with E-state index in [1.54, 1.807) is 18.3 Å². The fourth-order valence-corrected chi connectivity index (χ4v) is 2.23. The SMILES string of the molecule is CN(C)C(On1ccccc1=O)N1CCCCC1. The van der Waals surface area contributed by atoms with Crippen LogP contribution in [0.3, 0.4) is 0 Å². The maximum Gasteiger partial charge on any atom is 0.283 e. The molecule has 0 saturated carbocycles. The van der Waals surface area contributed by atoms with Crippen molar-refractivity contribution in [3.63, 3.8) is 0 Å². The van der Waals surface area contributed by atoms with Gasteiger partial charge in [-0.15, -0.1) is 4.73 Å². The van der Waals surface area contributed by atoms with Crippen LogP contribution >= 0.6 is 0 Å². The third kappa shape index (κ3) is 3.11. The lowest BCUT2D eigenvalue weighted by Crippen LogP contribution is -2.54. The molecule has 1 aliphatic rings. The first-order chi connectivity index (χ1) is 8.68. The summed E-state index contributed by atoms with van der Waals surface area (Å²) in [5.74, 6) is 0. The van der Waals surface area contributed by atoms with Crippen molar-refractivity contribution in [3.05, 3.63) is 34.7 Å². The van der Waals surface area contributed by atoms with Gasteiger partial charge < -0.3 is 4.84 Å². The lowest BCUT2D eigenvalue weighted by molar-refractivity contribution is -0.147. The maximum absolute atomic E-state index is 11.7. The highest BCUT2D eigenvalue weighted by Crippen LogP contribution is 2.12. The first kappa shape index (κ1) is 13.1. The normalized spacial score (nSPS) is 18.8. The summed E-state index contributed by atoms with van der Waals surface area (Å²) in [6, 6.07) is 5.01. The molecule has 1 atom stereocenters. The maximum atomic E-state index is 11.7. The van der Waals surface area contributed by atoms with Crippen molar-refractivity contribution in [1.82, 2.24) is 14.5 Å². The van der Waals surface area contributed by atoms with Gasteiger partial charge in [0.1, 0.15) is 0 Å². The van der Waals surface area contributed by atoms with Crippen molar-refractivity contribution >= 4 is 0 Å². The minimum absolute atomic E-state index is 0.138. The van der Waals surface area contributed by atoms with Crippen LogP contribution in [0.5, 0.6) is 0 Å². The van der Waals surface area contributed by atoms with Crippen LogP contribution in [0.15, 0.2) is 29.2 Å². The second kappa shape index (κ2) is 6.02. The number of hydrogen-bond acceptors (Lipinski definition) is 4. The molecule has 100 valence electrons. The fourth-order valence-electron chi connectivity index (χ4n) is 2.23. The molecule has 0 aromatic carbocycles. The molecule has 0 N–H and O–H groups in total. The minimum Gasteiger partial charge on any atom is -0.375 e. The minimum atomic E-state index is -0.189. The summed E-state index contributed by atoms with van der Waals surface area (Å²) in [7, 11) is 3.93. The van der Waals surface area contributed by atoms with Crippen molar-refractivity contribution in [2.45, 2.75) is 25.6 Å². The molecule has 0 bridgehead atoms. The molecule has 1 saturated heterocycles.